The van der Waals surface area contributed by atoms with E-state index in [1.54, 1.807) is 129 Å². The highest BCUT2D eigenvalue weighted by Crippen LogP contribution is 2.47. The zero-order valence-corrected chi connectivity index (χ0v) is 78.6. The summed E-state index contributed by atoms with van der Waals surface area (Å²) in [6, 6.07) is 7.89. The fourth-order valence-electron chi connectivity index (χ4n) is 15.9. The van der Waals surface area contributed by atoms with E-state index in [0.29, 0.717) is 5.82 Å². The predicted molar refractivity (Wildman–Crippen MR) is 465 cm³/mol. The monoisotopic (exact) mass is 1990 g/mol. The third kappa shape index (κ3) is 25.1. The van der Waals surface area contributed by atoms with Gasteiger partial charge in [-0.1, -0.05) is 55.4 Å². The Morgan fingerprint density at radius 3 is 0.943 bits per heavy atom. The second kappa shape index (κ2) is 44.7. The van der Waals surface area contributed by atoms with Crippen LogP contribution in [0.5, 0.6) is 0 Å². The van der Waals surface area contributed by atoms with Crippen molar-refractivity contribution in [1.82, 2.24) is 72.1 Å². The van der Waals surface area contributed by atoms with Gasteiger partial charge in [0.05, 0.1) is 36.9 Å². The van der Waals surface area contributed by atoms with Crippen LogP contribution < -0.4 is 61.8 Å². The highest BCUT2D eigenvalue weighted by molar-refractivity contribution is 5.72. The van der Waals surface area contributed by atoms with E-state index in [2.05, 4.69) is 35.0 Å². The number of H-pyrrole nitrogens is 3. The van der Waals surface area contributed by atoms with Crippen molar-refractivity contribution in [2.24, 2.45) is 23.7 Å². The molecule has 0 radical (unpaired) electrons. The summed E-state index contributed by atoms with van der Waals surface area (Å²) in [5.41, 5.74) is -1.91. The van der Waals surface area contributed by atoms with Gasteiger partial charge < -0.3 is 116 Å². The van der Waals surface area contributed by atoms with Gasteiger partial charge >= 0.3 is 58.0 Å². The molecule has 10 aliphatic heterocycles. The molecule has 0 spiro atoms. The van der Waals surface area contributed by atoms with Gasteiger partial charge in [0.25, 0.3) is 16.7 Å². The molecule has 7 aromatic heterocycles. The Morgan fingerprint density at radius 2 is 0.636 bits per heavy atom. The number of aliphatic hydroxyl groups excluding tert-OH is 6. The Bertz CT molecular complexity index is 6030. The van der Waals surface area contributed by atoms with Crippen molar-refractivity contribution in [3.63, 3.8) is 0 Å². The van der Waals surface area contributed by atoms with E-state index in [1.807, 2.05) is 10.5 Å². The summed E-state index contributed by atoms with van der Waals surface area (Å²) in [6.45, 7) is 26.9. The van der Waals surface area contributed by atoms with Crippen molar-refractivity contribution in [2.75, 3.05) is 50.6 Å². The molecule has 17 heterocycles. The molecule has 10 fully saturated rings. The van der Waals surface area contributed by atoms with E-state index in [-0.39, 0.29) is 86.2 Å². The molecular weight excluding hydrogens is 1870 g/mol. The molecule has 0 bridgehead atoms. The van der Waals surface area contributed by atoms with E-state index in [0.717, 1.165) is 21.4 Å². The zero-order chi connectivity index (χ0) is 102. The minimum absolute atomic E-state index is 0.00728. The van der Waals surface area contributed by atoms with E-state index in [9.17, 15) is 87.9 Å². The lowest BCUT2D eigenvalue weighted by Gasteiger charge is -2.25. The number of rotatable bonds is 23. The molecule has 24 atom stereocenters. The highest BCUT2D eigenvalue weighted by atomic mass is 16.8. The molecular formula is C84H115N17O39. The van der Waals surface area contributed by atoms with Crippen molar-refractivity contribution >= 4 is 35.5 Å². The highest BCUT2D eigenvalue weighted by Gasteiger charge is 2.61. The molecule has 56 nitrogen and oxygen atoms in total. The predicted octanol–water partition coefficient (Wildman–Crippen LogP) is -3.79. The molecule has 10 aliphatic rings. The van der Waals surface area contributed by atoms with Crippen LogP contribution >= 0.6 is 0 Å². The number of carbonyl (C=O) groups excluding carboxylic acids is 4. The quantitative estimate of drug-likeness (QED) is 0.0166. The maximum Gasteiger partial charge on any atom is 0.351 e. The summed E-state index contributed by atoms with van der Waals surface area (Å²) in [7, 11) is 0. The number of aromatic amines is 3. The number of carbonyl (C=O) groups is 4. The van der Waals surface area contributed by atoms with Crippen molar-refractivity contribution in [2.45, 2.75) is 281 Å². The van der Waals surface area contributed by atoms with Gasteiger partial charge in [-0.2, -0.15) is 20.1 Å². The van der Waals surface area contributed by atoms with E-state index in [4.69, 9.17) is 101 Å². The van der Waals surface area contributed by atoms with Gasteiger partial charge in [-0.3, -0.25) is 97.3 Å². The first kappa shape index (κ1) is 107. The first-order chi connectivity index (χ1) is 65.9. The second-order valence-corrected chi connectivity index (χ2v) is 36.2. The van der Waals surface area contributed by atoms with Crippen LogP contribution in [0.3, 0.4) is 0 Å². The minimum Gasteiger partial charge on any atom is -0.463 e. The third-order valence-corrected chi connectivity index (χ3v) is 22.5. The summed E-state index contributed by atoms with van der Waals surface area (Å²) < 4.78 is 110. The van der Waals surface area contributed by atoms with Crippen molar-refractivity contribution in [3.05, 3.63) is 180 Å². The lowest BCUT2D eigenvalue weighted by molar-refractivity contribution is -0.203. The normalized spacial score (nSPS) is 30.2. The number of hydrogen-bond acceptors (Lipinski definition) is 46. The number of nitrogens with zero attached hydrogens (tertiary/aromatic N) is 12. The molecule has 10 saturated heterocycles. The molecule has 770 valence electrons. The van der Waals surface area contributed by atoms with Gasteiger partial charge in [0.15, 0.2) is 78.0 Å². The third-order valence-electron chi connectivity index (χ3n) is 22.5. The molecule has 0 amide bonds. The van der Waals surface area contributed by atoms with Crippen LogP contribution in [0.15, 0.2) is 129 Å². The van der Waals surface area contributed by atoms with Gasteiger partial charge in [0.2, 0.25) is 0 Å². The molecule has 13 N–H and O–H groups in total. The number of ether oxygens (including phenoxy) is 18. The SMILES string of the molecule is CC(C)C(=O)OC[C@H]1O[C@@H](n2ccc(-n3cncn3)nc2=O)[C@@H]2OC(C)(C)O[C@@H]21.CC(C)C(=O)OC[C@H]1O[C@@H](n2ccc(=O)[nH]c2=O)[C@@H]2OC(C)(C)O[C@@H]21.CC(C)C(=O)OC[C@H]1O[C@@H](n2ccc(NO)nc2=O)[C@@H]2OC(C)(C)O[C@@H]21.CC(C)C(=O)OC[C@H]1O[C@@H](n2ccc(NO)nc2=O)[C@H](O)[C@@H]1O.CC1(C)O[C@@H]2[C@H](O1)[C@@H](CO)O[C@H]2n1ccc(=O)[nH]c1=O.O=c1ccn([C@@H]2O[C@H](CO)[C@@H](O)[C@H]2O)c(=O)[nH]1. The average molecular weight is 1990 g/mol. The fraction of sp³-hybridized carbons (Fsp3) is 0.643. The summed E-state index contributed by atoms with van der Waals surface area (Å²) in [5, 5.41) is 79.0. The number of esters is 4. The number of fused-ring (bicyclic) bond motifs is 4. The maximum absolute atomic E-state index is 12.7. The summed E-state index contributed by atoms with van der Waals surface area (Å²) in [6.07, 6.45) is -8.31. The first-order valence-electron chi connectivity index (χ1n) is 44.3. The van der Waals surface area contributed by atoms with E-state index >= 15 is 0 Å². The summed E-state index contributed by atoms with van der Waals surface area (Å²) >= 11 is 0. The molecule has 17 rings (SSSR count). The van der Waals surface area contributed by atoms with Crippen LogP contribution in [0.2, 0.25) is 0 Å². The second-order valence-electron chi connectivity index (χ2n) is 36.2. The largest absolute Gasteiger partial charge is 0.463 e. The standard InChI is InChI=1S/C18H23N5O6.C16H23N3O7.C16H22N2O7.C13H19N3O7.C12H16N2O6.C9H12N2O6/c1-10(2)16(24)26-7-11-13-14(29-18(3,4)28-13)15(27-11)22-6-5-12(21-17(22)25)23-9-19-8-20-23;1-8(2)14(20)23-7-9-11-12(26-16(3,4)25-11)13(24-9)19-6-5-10(18-22)17-15(19)21;1-8(2)14(20)22-7-9-11-12(25-16(3,4)24-11)13(23-9)18-6-5-10(19)17-15(18)21;1-6(2)12(19)22-5-7-9(17)10(18)11(23-7)16-4-3-8(15-21)14-13(16)20;1-12(2)19-8-6(5-15)18-10(9(8)20-12)14-4-3-7(16)13-11(14)17;12-3-4-6(14)7(15)8(17-4)11-2-1-5(13)10-9(11)16/h5-6,8-11,13-15H,7H2,1-4H3;5-6,8-9,11-13,22H,7H2,1-4H3,(H,17,18,21);5-6,8-9,11-13H,7H2,1-4H3,(H,17,19,21);3-4,6-7,9-11,17-18,21H,5H2,1-2H3,(H,14,15,20);3-4,6,8-10,15H,5H2,1-2H3,(H,13,16,17);1-2,4,6-8,12,14-15H,3H2,(H,10,13,16)/t11-,13-,14-,15-;2*9-,11-,12-,13-;7-,9-,10-,11-;6-,8-,9-,10-;4-,6-,7-,8-/m111111/s1. The average Bonchev–Trinajstić information content (AvgIpc) is 1.61. The Kier molecular flexibility index (Phi) is 34.3. The molecule has 0 aromatic carbocycles. The van der Waals surface area contributed by atoms with Crippen LogP contribution in [0.4, 0.5) is 11.6 Å². The number of aliphatic hydroxyl groups is 6. The van der Waals surface area contributed by atoms with Crippen LogP contribution in [0, 0.1) is 23.7 Å². The zero-order valence-electron chi connectivity index (χ0n) is 78.6. The topological polar surface area (TPSA) is 720 Å². The number of anilines is 2. The van der Waals surface area contributed by atoms with Crippen LogP contribution in [0.1, 0.15) is 148 Å². The maximum atomic E-state index is 12.7. The van der Waals surface area contributed by atoms with Crippen molar-refractivity contribution in [3.8, 4) is 5.82 Å². The van der Waals surface area contributed by atoms with Gasteiger partial charge in [-0.15, -0.1) is 0 Å². The minimum atomic E-state index is -1.40. The lowest BCUT2D eigenvalue weighted by Crippen LogP contribution is -2.37. The number of hydrogen-bond donors (Lipinski definition) is 13. The molecule has 140 heavy (non-hydrogen) atoms. The Balaban J connectivity index is 0.000000151. The first-order valence-corrected chi connectivity index (χ1v) is 44.3. The van der Waals surface area contributed by atoms with Crippen LogP contribution in [-0.2, 0) is 104 Å². The molecule has 0 aliphatic carbocycles. The smallest absolute Gasteiger partial charge is 0.351 e. The molecule has 56 heteroatoms. The van der Waals surface area contributed by atoms with Crippen LogP contribution in [0.25, 0.3) is 5.82 Å². The summed E-state index contributed by atoms with van der Waals surface area (Å²) in [4.78, 5) is 174. The van der Waals surface area contributed by atoms with E-state index < -0.39 is 234 Å². The lowest BCUT2D eigenvalue weighted by atomic mass is 10.1. The Labute approximate surface area is 791 Å². The summed E-state index contributed by atoms with van der Waals surface area (Å²) in [5.74, 6) is -5.67. The van der Waals surface area contributed by atoms with Gasteiger partial charge in [-0.25, -0.2) is 38.4 Å². The number of nitrogens with one attached hydrogen (secondary N) is 5. The molecule has 0 saturated carbocycles. The Hall–Kier alpha value is -11.6. The Morgan fingerprint density at radius 1 is 0.364 bits per heavy atom. The van der Waals surface area contributed by atoms with Gasteiger partial charge in [0, 0.05) is 55.4 Å². The van der Waals surface area contributed by atoms with Crippen molar-refractivity contribution in [1.29, 1.82) is 0 Å². The van der Waals surface area contributed by atoms with Crippen molar-refractivity contribution < 1.29 is 145 Å². The molecule has 0 unspecified atom stereocenters. The van der Waals surface area contributed by atoms with Gasteiger partial charge in [-0.05, 0) is 73.6 Å². The van der Waals surface area contributed by atoms with E-state index in [1.165, 1.54) is 84.7 Å². The van der Waals surface area contributed by atoms with Crippen LogP contribution in [-0.4, -0.2) is 310 Å². The number of aromatic nitrogens is 15. The molecule has 7 aromatic rings. The van der Waals surface area contributed by atoms with Gasteiger partial charge in [0.1, 0.15) is 149 Å². The fourth-order valence-corrected chi connectivity index (χ4v) is 15.9.